The van der Waals surface area contributed by atoms with E-state index in [-0.39, 0.29) is 30.0 Å². The van der Waals surface area contributed by atoms with Crippen LogP contribution in [0, 0.1) is 23.2 Å². The average molecular weight is 527 g/mol. The van der Waals surface area contributed by atoms with Gasteiger partial charge in [0.2, 0.25) is 0 Å². The molecule has 0 spiro atoms. The van der Waals surface area contributed by atoms with E-state index in [2.05, 4.69) is 4.74 Å². The molecule has 4 fully saturated rings. The van der Waals surface area contributed by atoms with Gasteiger partial charge in [-0.25, -0.2) is 4.79 Å². The lowest BCUT2D eigenvalue weighted by atomic mass is 9.49. The summed E-state index contributed by atoms with van der Waals surface area (Å²) in [5, 5.41) is -4.63. The molecular formula is C22H32F2O10S. The molecule has 0 heterocycles. The molecule has 2 atom stereocenters. The number of halogens is 2. The van der Waals surface area contributed by atoms with Crippen LogP contribution >= 0.6 is 0 Å². The SMILES string of the molecule is CC(C)(C)OC(=O)OCC12CC3CC(C1)C(OC(=O)CCC(=O)OCC(F)(F)S(=O)(=O)O)C(C3)C2. The molecule has 35 heavy (non-hydrogen) atoms. The third-order valence-corrected chi connectivity index (χ3v) is 7.65. The zero-order valence-corrected chi connectivity index (χ0v) is 20.8. The molecule has 0 aromatic rings. The van der Waals surface area contributed by atoms with Gasteiger partial charge in [-0.2, -0.15) is 17.2 Å². The molecule has 0 aromatic heterocycles. The zero-order chi connectivity index (χ0) is 26.2. The molecule has 0 saturated heterocycles. The molecule has 1 N–H and O–H groups in total. The second-order valence-electron chi connectivity index (χ2n) is 11.0. The first kappa shape index (κ1) is 27.6. The minimum absolute atomic E-state index is 0.0906. The normalized spacial score (nSPS) is 30.0. The van der Waals surface area contributed by atoms with Crippen LogP contribution in [0.15, 0.2) is 0 Å². The van der Waals surface area contributed by atoms with Crippen LogP contribution in [-0.4, -0.2) is 61.2 Å². The Morgan fingerprint density at radius 1 is 0.971 bits per heavy atom. The van der Waals surface area contributed by atoms with Crippen molar-refractivity contribution in [2.75, 3.05) is 13.2 Å². The number of esters is 2. The lowest BCUT2D eigenvalue weighted by Crippen LogP contribution is -2.56. The summed E-state index contributed by atoms with van der Waals surface area (Å²) in [6, 6.07) is 0. The summed E-state index contributed by atoms with van der Waals surface area (Å²) < 4.78 is 76.2. The van der Waals surface area contributed by atoms with Gasteiger partial charge in [0.1, 0.15) is 18.3 Å². The van der Waals surface area contributed by atoms with Crippen LogP contribution in [0.25, 0.3) is 0 Å². The number of rotatable bonds is 9. The van der Waals surface area contributed by atoms with E-state index in [0.717, 1.165) is 32.1 Å². The molecule has 4 saturated carbocycles. The lowest BCUT2D eigenvalue weighted by molar-refractivity contribution is -0.187. The van der Waals surface area contributed by atoms with Crippen LogP contribution in [-0.2, 0) is 38.7 Å². The molecule has 0 aromatic carbocycles. The third-order valence-electron chi connectivity index (χ3n) is 6.78. The van der Waals surface area contributed by atoms with Crippen LogP contribution in [0.1, 0.15) is 65.7 Å². The summed E-state index contributed by atoms with van der Waals surface area (Å²) in [6.45, 7) is 3.67. The fourth-order valence-electron chi connectivity index (χ4n) is 5.73. The van der Waals surface area contributed by atoms with Crippen molar-refractivity contribution >= 4 is 28.2 Å². The van der Waals surface area contributed by atoms with Crippen molar-refractivity contribution in [3.8, 4) is 0 Å². The summed E-state index contributed by atoms with van der Waals surface area (Å²) in [4.78, 5) is 36.0. The highest BCUT2D eigenvalue weighted by Gasteiger charge is 2.57. The van der Waals surface area contributed by atoms with Gasteiger partial charge in [0.05, 0.1) is 12.8 Å². The molecular weight excluding hydrogens is 494 g/mol. The van der Waals surface area contributed by atoms with Crippen LogP contribution < -0.4 is 0 Å². The molecule has 2 unspecified atom stereocenters. The first-order valence-corrected chi connectivity index (χ1v) is 13.0. The van der Waals surface area contributed by atoms with E-state index in [9.17, 15) is 31.6 Å². The number of alkyl halides is 2. The van der Waals surface area contributed by atoms with Crippen molar-refractivity contribution < 1.29 is 55.1 Å². The monoisotopic (exact) mass is 526 g/mol. The van der Waals surface area contributed by atoms with Crippen LogP contribution in [0.2, 0.25) is 0 Å². The van der Waals surface area contributed by atoms with Gasteiger partial charge in [-0.1, -0.05) is 0 Å². The van der Waals surface area contributed by atoms with E-state index in [0.29, 0.717) is 5.92 Å². The van der Waals surface area contributed by atoms with Gasteiger partial charge in [0, 0.05) is 5.41 Å². The summed E-state index contributed by atoms with van der Waals surface area (Å²) >= 11 is 0. The predicted molar refractivity (Wildman–Crippen MR) is 115 cm³/mol. The second-order valence-corrected chi connectivity index (χ2v) is 12.5. The highest BCUT2D eigenvalue weighted by atomic mass is 32.2. The minimum Gasteiger partial charge on any atom is -0.462 e. The summed E-state index contributed by atoms with van der Waals surface area (Å²) in [6.07, 6.45) is 2.13. The molecule has 0 radical (unpaired) electrons. The second kappa shape index (κ2) is 9.79. The van der Waals surface area contributed by atoms with E-state index in [1.54, 1.807) is 20.8 Å². The smallest absolute Gasteiger partial charge is 0.462 e. The minimum atomic E-state index is -5.72. The van der Waals surface area contributed by atoms with Gasteiger partial charge in [-0.05, 0) is 70.6 Å². The van der Waals surface area contributed by atoms with Crippen molar-refractivity contribution in [1.29, 1.82) is 0 Å². The van der Waals surface area contributed by atoms with E-state index in [1.807, 2.05) is 0 Å². The van der Waals surface area contributed by atoms with Gasteiger partial charge in [-0.3, -0.25) is 14.1 Å². The Labute approximate surface area is 202 Å². The third kappa shape index (κ3) is 7.02. The van der Waals surface area contributed by atoms with E-state index >= 15 is 0 Å². The highest BCUT2D eigenvalue weighted by Crippen LogP contribution is 2.60. The van der Waals surface area contributed by atoms with Gasteiger partial charge in [0.25, 0.3) is 0 Å². The van der Waals surface area contributed by atoms with Crippen LogP contribution in [0.3, 0.4) is 0 Å². The van der Waals surface area contributed by atoms with Crippen molar-refractivity contribution in [3.63, 3.8) is 0 Å². The number of ether oxygens (including phenoxy) is 4. The molecule has 4 aliphatic carbocycles. The molecule has 0 amide bonds. The molecule has 13 heteroatoms. The van der Waals surface area contributed by atoms with Crippen molar-refractivity contribution in [2.45, 2.75) is 82.7 Å². The van der Waals surface area contributed by atoms with Crippen molar-refractivity contribution in [2.24, 2.45) is 23.2 Å². The standard InChI is InChI=1S/C22H32F2O10S/c1-20(2,3)34-19(27)32-11-21-8-13-6-14(9-21)18(15(7-13)10-21)33-17(26)5-4-16(25)31-12-22(23,24)35(28,29)30/h13-15,18H,4-12H2,1-3H3,(H,28,29,30). The zero-order valence-electron chi connectivity index (χ0n) is 20.0. The maximum Gasteiger partial charge on any atom is 0.508 e. The highest BCUT2D eigenvalue weighted by molar-refractivity contribution is 7.86. The average Bonchev–Trinajstić information content (AvgIpc) is 2.69. The summed E-state index contributed by atoms with van der Waals surface area (Å²) in [7, 11) is -5.72. The largest absolute Gasteiger partial charge is 0.508 e. The van der Waals surface area contributed by atoms with E-state index in [1.165, 1.54) is 0 Å². The fraction of sp³-hybridized carbons (Fsp3) is 0.864. The van der Waals surface area contributed by atoms with Crippen LogP contribution in [0.5, 0.6) is 0 Å². The summed E-state index contributed by atoms with van der Waals surface area (Å²) in [5.41, 5.74) is -0.833. The van der Waals surface area contributed by atoms with Gasteiger partial charge >= 0.3 is 33.5 Å². The maximum absolute atomic E-state index is 13.1. The molecule has 0 aliphatic heterocycles. The number of carbonyl (C=O) groups excluding carboxylic acids is 3. The van der Waals surface area contributed by atoms with Crippen molar-refractivity contribution in [1.82, 2.24) is 0 Å². The molecule has 10 nitrogen and oxygen atoms in total. The maximum atomic E-state index is 13.1. The van der Waals surface area contributed by atoms with Gasteiger partial charge in [0.15, 0.2) is 6.61 Å². The van der Waals surface area contributed by atoms with Gasteiger partial charge < -0.3 is 18.9 Å². The number of carbonyl (C=O) groups is 3. The Morgan fingerprint density at radius 3 is 2.09 bits per heavy atom. The molecule has 4 aliphatic rings. The number of hydrogen-bond acceptors (Lipinski definition) is 9. The first-order chi connectivity index (χ1) is 16.0. The van der Waals surface area contributed by atoms with E-state index < -0.39 is 58.5 Å². The first-order valence-electron chi connectivity index (χ1n) is 11.5. The predicted octanol–water partition coefficient (Wildman–Crippen LogP) is 3.48. The Bertz CT molecular complexity index is 926. The Balaban J connectivity index is 1.47. The molecule has 4 rings (SSSR count). The van der Waals surface area contributed by atoms with Crippen LogP contribution in [0.4, 0.5) is 13.6 Å². The molecule has 200 valence electrons. The van der Waals surface area contributed by atoms with Gasteiger partial charge in [-0.15, -0.1) is 0 Å². The molecule has 4 bridgehead atoms. The lowest BCUT2D eigenvalue weighted by Gasteiger charge is -2.59. The topological polar surface area (TPSA) is 142 Å². The Kier molecular flexibility index (Phi) is 7.71. The quantitative estimate of drug-likeness (QED) is 0.269. The number of hydrogen-bond donors (Lipinski definition) is 1. The summed E-state index contributed by atoms with van der Waals surface area (Å²) in [5.74, 6) is -1.27. The fourth-order valence-corrected chi connectivity index (χ4v) is 5.94. The Hall–Kier alpha value is -2.02. The Morgan fingerprint density at radius 2 is 1.54 bits per heavy atom. The van der Waals surface area contributed by atoms with E-state index in [4.69, 9.17) is 18.8 Å². The van der Waals surface area contributed by atoms with Crippen molar-refractivity contribution in [3.05, 3.63) is 0 Å².